The van der Waals surface area contributed by atoms with Gasteiger partial charge in [0.25, 0.3) is 0 Å². The van der Waals surface area contributed by atoms with Crippen LogP contribution in [0, 0.1) is 11.8 Å². The highest BCUT2D eigenvalue weighted by atomic mass is 32.2. The van der Waals surface area contributed by atoms with Gasteiger partial charge >= 0.3 is 24.4 Å². The van der Waals surface area contributed by atoms with E-state index in [0.717, 1.165) is 37.4 Å². The Labute approximate surface area is 341 Å². The zero-order valence-corrected chi connectivity index (χ0v) is 38.3. The van der Waals surface area contributed by atoms with Crippen molar-refractivity contribution in [2.45, 2.75) is 185 Å². The van der Waals surface area contributed by atoms with Gasteiger partial charge in [-0.3, -0.25) is 20.2 Å². The molecular formula is C40H75N5O10S. The van der Waals surface area contributed by atoms with E-state index in [2.05, 4.69) is 20.6 Å². The van der Waals surface area contributed by atoms with Crippen LogP contribution in [0.2, 0.25) is 0 Å². The number of hydrogen-bond acceptors (Lipinski definition) is 12. The number of thioether (sulfide) groups is 1. The lowest BCUT2D eigenvalue weighted by Crippen LogP contribution is -2.37. The molecular weight excluding hydrogens is 743 g/mol. The molecule has 0 heterocycles. The topological polar surface area (TPSA) is 214 Å². The van der Waals surface area contributed by atoms with Gasteiger partial charge < -0.3 is 24.7 Å². The summed E-state index contributed by atoms with van der Waals surface area (Å²) in [6.07, 6.45) is 4.55. The minimum atomic E-state index is -0.761. The number of Topliss-reactive ketones (excluding diaryl/α,β-unsaturated/α-hetero) is 2. The van der Waals surface area contributed by atoms with Gasteiger partial charge in [0.1, 0.15) is 39.8 Å². The number of alkyl carbamates (subject to hydrolysis) is 2. The number of unbranched alkanes of at least 4 members (excludes halogenated alkanes) is 1. The van der Waals surface area contributed by atoms with Crippen LogP contribution in [0.15, 0.2) is 9.98 Å². The van der Waals surface area contributed by atoms with Crippen molar-refractivity contribution < 1.29 is 47.7 Å². The van der Waals surface area contributed by atoms with Crippen molar-refractivity contribution >= 4 is 58.7 Å². The molecule has 326 valence electrons. The molecule has 0 aliphatic rings. The molecule has 0 aromatic rings. The number of amides is 4. The average Bonchev–Trinajstić information content (AvgIpc) is 3.01. The fourth-order valence-electron chi connectivity index (χ4n) is 4.03. The minimum absolute atomic E-state index is 0.0139. The number of carbonyl (C=O) groups excluding carboxylic acids is 6. The Bertz CT molecular complexity index is 1290. The average molecular weight is 818 g/mol. The number of rotatable bonds is 12. The molecule has 2 atom stereocenters. The summed E-state index contributed by atoms with van der Waals surface area (Å²) in [6.45, 7) is 29.3. The third kappa shape index (κ3) is 37.4. The summed E-state index contributed by atoms with van der Waals surface area (Å²) < 4.78 is 20.5. The summed E-state index contributed by atoms with van der Waals surface area (Å²) in [7, 11) is 0. The van der Waals surface area contributed by atoms with Gasteiger partial charge in [0.15, 0.2) is 5.17 Å². The predicted octanol–water partition coefficient (Wildman–Crippen LogP) is 9.53. The maximum absolute atomic E-state index is 12.0. The van der Waals surface area contributed by atoms with Crippen molar-refractivity contribution in [1.29, 1.82) is 0 Å². The van der Waals surface area contributed by atoms with Gasteiger partial charge in [0, 0.05) is 31.1 Å². The van der Waals surface area contributed by atoms with E-state index in [1.807, 2.05) is 27.7 Å². The largest absolute Gasteiger partial charge is 0.444 e. The standard InChI is InChI=1S/C20H36N2O5.C12H22N2O4S.C8H17NO/c1-9-15(23)14(2)12-10-11-13-16(21-17(24)26-19(3,4)5)22-18(25)27-20(6,7)8;1-11(2,3)17-9(15)13-8(19-7)14-10(16)18-12(4,5)6;1-3-8(10)7(2)5-4-6-9/h14H,9-13H2,1-8H3,(H,21,22,24,25);1-7H3,(H,13,14,15,16);7H,3-6,9H2,1-2H3/t14-;;7-/m0.0/s1. The second-order valence-electron chi connectivity index (χ2n) is 17.0. The summed E-state index contributed by atoms with van der Waals surface area (Å²) in [5, 5.41) is 5.05. The van der Waals surface area contributed by atoms with E-state index in [9.17, 15) is 28.8 Å². The molecule has 0 aromatic carbocycles. The molecule has 56 heavy (non-hydrogen) atoms. The highest BCUT2D eigenvalue weighted by Gasteiger charge is 2.22. The molecule has 15 nitrogen and oxygen atoms in total. The maximum atomic E-state index is 12.0. The van der Waals surface area contributed by atoms with Gasteiger partial charge in [-0.2, -0.15) is 9.98 Å². The highest BCUT2D eigenvalue weighted by Crippen LogP contribution is 2.15. The lowest BCUT2D eigenvalue weighted by atomic mass is 9.97. The van der Waals surface area contributed by atoms with Crippen molar-refractivity contribution in [3.05, 3.63) is 0 Å². The second-order valence-corrected chi connectivity index (χ2v) is 17.8. The number of ether oxygens (including phenoxy) is 4. The highest BCUT2D eigenvalue weighted by molar-refractivity contribution is 8.13. The van der Waals surface area contributed by atoms with Gasteiger partial charge in [-0.15, -0.1) is 0 Å². The molecule has 0 fully saturated rings. The number of carbonyl (C=O) groups is 6. The first-order chi connectivity index (χ1) is 25.4. The number of amidine groups is 2. The molecule has 0 aliphatic carbocycles. The third-order valence-corrected chi connectivity index (χ3v) is 7.17. The lowest BCUT2D eigenvalue weighted by Gasteiger charge is -2.21. The maximum Gasteiger partial charge on any atom is 0.436 e. The molecule has 4 amide bonds. The van der Waals surface area contributed by atoms with E-state index in [1.165, 1.54) is 0 Å². The van der Waals surface area contributed by atoms with Crippen molar-refractivity contribution in [2.75, 3.05) is 12.8 Å². The van der Waals surface area contributed by atoms with Crippen LogP contribution < -0.4 is 16.4 Å². The molecule has 16 heteroatoms. The second kappa shape index (κ2) is 28.0. The fraction of sp³-hybridized carbons (Fsp3) is 0.800. The van der Waals surface area contributed by atoms with Crippen LogP contribution in [-0.2, 0) is 28.5 Å². The summed E-state index contributed by atoms with van der Waals surface area (Å²) in [5.74, 6) is 1.03. The summed E-state index contributed by atoms with van der Waals surface area (Å²) >= 11 is 1.12. The first-order valence-electron chi connectivity index (χ1n) is 19.3. The zero-order valence-electron chi connectivity index (χ0n) is 37.5. The van der Waals surface area contributed by atoms with Crippen LogP contribution in [0.3, 0.4) is 0 Å². The number of ketones is 2. The third-order valence-electron chi connectivity index (χ3n) is 6.59. The SMILES string of the molecule is CCC(=O)[C@@H](C)CCCCC(=NC(=O)OC(C)(C)C)NC(=O)OC(C)(C)C.CCC(=O)[C@@H](C)CCCN.CSC(=NC(=O)OC(C)(C)C)NC(=O)OC(C)(C)C. The molecule has 0 spiro atoms. The molecule has 0 radical (unpaired) electrons. The van der Waals surface area contributed by atoms with Crippen LogP contribution in [0.5, 0.6) is 0 Å². The Balaban J connectivity index is -0.000000837. The molecule has 0 bridgehead atoms. The van der Waals surface area contributed by atoms with Gasteiger partial charge in [-0.05, 0) is 122 Å². The fourth-order valence-corrected chi connectivity index (χ4v) is 4.38. The quantitative estimate of drug-likeness (QED) is 0.0727. The number of nitrogens with one attached hydrogen (secondary N) is 2. The summed E-state index contributed by atoms with van der Waals surface area (Å²) in [4.78, 5) is 77.1. The zero-order chi connectivity index (χ0) is 44.5. The Kier molecular flexibility index (Phi) is 28.4. The van der Waals surface area contributed by atoms with Gasteiger partial charge in [-0.25, -0.2) is 19.2 Å². The van der Waals surface area contributed by atoms with Crippen molar-refractivity contribution in [1.82, 2.24) is 10.6 Å². The first-order valence-corrected chi connectivity index (χ1v) is 20.5. The van der Waals surface area contributed by atoms with Gasteiger partial charge in [0.05, 0.1) is 0 Å². The first kappa shape index (κ1) is 56.8. The molecule has 0 saturated carbocycles. The minimum Gasteiger partial charge on any atom is -0.444 e. The Morgan fingerprint density at radius 1 is 0.589 bits per heavy atom. The molecule has 4 N–H and O–H groups in total. The van der Waals surface area contributed by atoms with E-state index in [4.69, 9.17) is 24.7 Å². The van der Waals surface area contributed by atoms with E-state index >= 15 is 0 Å². The van der Waals surface area contributed by atoms with Crippen LogP contribution in [0.1, 0.15) is 162 Å². The molecule has 0 unspecified atom stereocenters. The number of aliphatic imine (C=N–C) groups is 2. The van der Waals surface area contributed by atoms with E-state index < -0.39 is 46.8 Å². The Hall–Kier alpha value is -3.53. The van der Waals surface area contributed by atoms with Gasteiger partial charge in [0.2, 0.25) is 0 Å². The van der Waals surface area contributed by atoms with Crippen molar-refractivity contribution in [3.8, 4) is 0 Å². The Morgan fingerprint density at radius 2 is 0.964 bits per heavy atom. The number of nitrogens with zero attached hydrogens (tertiary/aromatic N) is 2. The van der Waals surface area contributed by atoms with E-state index in [1.54, 1.807) is 89.3 Å². The van der Waals surface area contributed by atoms with E-state index in [-0.39, 0.29) is 28.6 Å². The molecule has 0 aliphatic heterocycles. The summed E-state index contributed by atoms with van der Waals surface area (Å²) in [5.41, 5.74) is 2.74. The predicted molar refractivity (Wildman–Crippen MR) is 225 cm³/mol. The van der Waals surface area contributed by atoms with Crippen LogP contribution in [0.4, 0.5) is 19.2 Å². The molecule has 0 aromatic heterocycles. The number of nitrogens with two attached hydrogens (primary N) is 1. The summed E-state index contributed by atoms with van der Waals surface area (Å²) in [6, 6.07) is 0. The monoisotopic (exact) mass is 818 g/mol. The molecule has 0 rings (SSSR count). The van der Waals surface area contributed by atoms with Gasteiger partial charge in [-0.1, -0.05) is 45.9 Å². The Morgan fingerprint density at radius 3 is 1.32 bits per heavy atom. The van der Waals surface area contributed by atoms with Crippen molar-refractivity contribution in [3.63, 3.8) is 0 Å². The smallest absolute Gasteiger partial charge is 0.436 e. The van der Waals surface area contributed by atoms with E-state index in [0.29, 0.717) is 38.0 Å². The normalized spacial score (nSPS) is 13.3. The number of hydrogen-bond donors (Lipinski definition) is 3. The van der Waals surface area contributed by atoms with Crippen LogP contribution >= 0.6 is 11.8 Å². The van der Waals surface area contributed by atoms with Crippen molar-refractivity contribution in [2.24, 2.45) is 27.6 Å². The molecule has 0 saturated heterocycles. The van der Waals surface area contributed by atoms with Crippen LogP contribution in [-0.4, -0.2) is 82.1 Å². The lowest BCUT2D eigenvalue weighted by molar-refractivity contribution is -0.123. The van der Waals surface area contributed by atoms with Crippen LogP contribution in [0.25, 0.3) is 0 Å².